The van der Waals surface area contributed by atoms with Crippen molar-refractivity contribution >= 4 is 11.3 Å². The minimum atomic E-state index is 1.16. The van der Waals surface area contributed by atoms with Crippen LogP contribution in [-0.4, -0.2) is 18.5 Å². The molecule has 2 rings (SSSR count). The topological polar surface area (TPSA) is 3.24 Å². The first-order valence-corrected chi connectivity index (χ1v) is 6.89. The zero-order chi connectivity index (χ0) is 11.8. The van der Waals surface area contributed by atoms with E-state index in [9.17, 15) is 0 Å². The molecule has 0 saturated carbocycles. The molecule has 0 spiro atoms. The Morgan fingerprint density at radius 1 is 1.20 bits per heavy atom. The molecule has 1 aromatic heterocycles. The van der Waals surface area contributed by atoms with E-state index in [1.54, 1.807) is 10.4 Å². The molecule has 0 aromatic carbocycles. The van der Waals surface area contributed by atoms with Crippen molar-refractivity contribution < 1.29 is 0 Å². The van der Waals surface area contributed by atoms with Crippen LogP contribution in [0.15, 0.2) is 5.38 Å². The van der Waals surface area contributed by atoms with Crippen molar-refractivity contribution in [3.63, 3.8) is 0 Å². The van der Waals surface area contributed by atoms with Crippen molar-refractivity contribution in [1.29, 1.82) is 0 Å². The molecule has 15 heavy (non-hydrogen) atoms. The minimum Gasteiger partial charge on any atom is -0.302 e. The van der Waals surface area contributed by atoms with Gasteiger partial charge in [-0.15, -0.1) is 11.3 Å². The molecule has 0 fully saturated rings. The third-order valence-electron chi connectivity index (χ3n) is 2.34. The zero-order valence-corrected chi connectivity index (χ0v) is 11.9. The number of hydrogen-bond acceptors (Lipinski definition) is 2. The number of thiophene rings is 1. The van der Waals surface area contributed by atoms with Crippen LogP contribution in [0.2, 0.25) is 0 Å². The lowest BCUT2D eigenvalue weighted by atomic mass is 10.1. The Balaban J connectivity index is 0.000000442. The second-order valence-corrected chi connectivity index (χ2v) is 4.27. The van der Waals surface area contributed by atoms with Gasteiger partial charge in [-0.2, -0.15) is 0 Å². The summed E-state index contributed by atoms with van der Waals surface area (Å²) in [6.45, 7) is 12.6. The van der Waals surface area contributed by atoms with Gasteiger partial charge in [0.1, 0.15) is 0 Å². The summed E-state index contributed by atoms with van der Waals surface area (Å²) < 4.78 is 0. The van der Waals surface area contributed by atoms with Gasteiger partial charge in [0.05, 0.1) is 0 Å². The summed E-state index contributed by atoms with van der Waals surface area (Å²) in [4.78, 5) is 4.00. The Labute approximate surface area is 99.1 Å². The van der Waals surface area contributed by atoms with Gasteiger partial charge in [0, 0.05) is 18.0 Å². The molecule has 1 aromatic rings. The second kappa shape index (κ2) is 7.89. The van der Waals surface area contributed by atoms with Gasteiger partial charge in [0.15, 0.2) is 0 Å². The molecular weight excluding hydrogens is 202 g/mol. The molecular formula is C13H25NS. The summed E-state index contributed by atoms with van der Waals surface area (Å²) in [5, 5.41) is 2.28. The van der Waals surface area contributed by atoms with E-state index in [1.807, 2.05) is 39.0 Å². The number of fused-ring (bicyclic) bond motifs is 1. The van der Waals surface area contributed by atoms with Crippen molar-refractivity contribution in [2.24, 2.45) is 0 Å². The highest BCUT2D eigenvalue weighted by molar-refractivity contribution is 7.10. The summed E-state index contributed by atoms with van der Waals surface area (Å²) in [6.07, 6.45) is 1.25. The van der Waals surface area contributed by atoms with Gasteiger partial charge < -0.3 is 4.90 Å². The predicted molar refractivity (Wildman–Crippen MR) is 71.8 cm³/mol. The number of aryl methyl sites for hydroxylation is 1. The van der Waals surface area contributed by atoms with Gasteiger partial charge in [-0.05, 0) is 36.9 Å². The van der Waals surface area contributed by atoms with E-state index in [2.05, 4.69) is 24.3 Å². The first kappa shape index (κ1) is 14.7. The predicted octanol–water partition coefficient (Wildman–Crippen LogP) is 4.10. The zero-order valence-electron chi connectivity index (χ0n) is 11.1. The SMILES string of the molecule is CC.CC.Cc1csc2c1CN(C)CC2. The van der Waals surface area contributed by atoms with Gasteiger partial charge in [-0.1, -0.05) is 27.7 Å². The highest BCUT2D eigenvalue weighted by Crippen LogP contribution is 2.26. The fraction of sp³-hybridized carbons (Fsp3) is 0.692. The van der Waals surface area contributed by atoms with Gasteiger partial charge in [-0.25, -0.2) is 0 Å². The number of likely N-dealkylation sites (N-methyl/N-ethyl adjacent to an activating group) is 1. The van der Waals surface area contributed by atoms with Crippen molar-refractivity contribution in [2.45, 2.75) is 47.6 Å². The van der Waals surface area contributed by atoms with Crippen LogP contribution >= 0.6 is 11.3 Å². The summed E-state index contributed by atoms with van der Waals surface area (Å²) in [5.41, 5.74) is 3.07. The number of hydrogen-bond donors (Lipinski definition) is 0. The van der Waals surface area contributed by atoms with E-state index in [4.69, 9.17) is 0 Å². The maximum Gasteiger partial charge on any atom is 0.0244 e. The summed E-state index contributed by atoms with van der Waals surface area (Å²) in [5.74, 6) is 0. The first-order chi connectivity index (χ1) is 7.27. The Hall–Kier alpha value is -0.340. The fourth-order valence-electron chi connectivity index (χ4n) is 1.59. The molecule has 1 aliphatic heterocycles. The van der Waals surface area contributed by atoms with Crippen molar-refractivity contribution in [2.75, 3.05) is 13.6 Å². The molecule has 0 aliphatic carbocycles. The molecule has 2 heteroatoms. The molecule has 0 bridgehead atoms. The minimum absolute atomic E-state index is 1.16. The highest BCUT2D eigenvalue weighted by atomic mass is 32.1. The maximum atomic E-state index is 2.39. The standard InChI is InChI=1S/C9H13NS.2C2H6/c1-7-6-11-9-3-4-10(2)5-8(7)9;2*1-2/h6H,3-5H2,1-2H3;2*1-2H3. The summed E-state index contributed by atoms with van der Waals surface area (Å²) in [7, 11) is 2.19. The first-order valence-electron chi connectivity index (χ1n) is 6.02. The van der Waals surface area contributed by atoms with E-state index in [1.165, 1.54) is 18.5 Å². The third-order valence-corrected chi connectivity index (χ3v) is 3.55. The summed E-state index contributed by atoms with van der Waals surface area (Å²) in [6, 6.07) is 0. The molecule has 0 N–H and O–H groups in total. The highest BCUT2D eigenvalue weighted by Gasteiger charge is 2.15. The van der Waals surface area contributed by atoms with E-state index in [-0.39, 0.29) is 0 Å². The largest absolute Gasteiger partial charge is 0.302 e. The van der Waals surface area contributed by atoms with Crippen LogP contribution in [-0.2, 0) is 13.0 Å². The Morgan fingerprint density at radius 2 is 1.80 bits per heavy atom. The van der Waals surface area contributed by atoms with Crippen LogP contribution in [0.5, 0.6) is 0 Å². The molecule has 2 heterocycles. The Bertz CT molecular complexity index is 265. The fourth-order valence-corrected chi connectivity index (χ4v) is 2.62. The van der Waals surface area contributed by atoms with Crippen LogP contribution in [0, 0.1) is 6.92 Å². The maximum absolute atomic E-state index is 2.39. The average molecular weight is 227 g/mol. The Kier molecular flexibility index (Phi) is 7.71. The monoisotopic (exact) mass is 227 g/mol. The van der Waals surface area contributed by atoms with Crippen molar-refractivity contribution in [3.05, 3.63) is 21.4 Å². The number of nitrogens with zero attached hydrogens (tertiary/aromatic N) is 1. The molecule has 1 nitrogen and oxygen atoms in total. The normalized spacial score (nSPS) is 14.3. The second-order valence-electron chi connectivity index (χ2n) is 3.31. The van der Waals surface area contributed by atoms with E-state index < -0.39 is 0 Å². The van der Waals surface area contributed by atoms with E-state index in [0.717, 1.165) is 6.54 Å². The van der Waals surface area contributed by atoms with Crippen LogP contribution in [0.4, 0.5) is 0 Å². The van der Waals surface area contributed by atoms with Crippen molar-refractivity contribution in [3.8, 4) is 0 Å². The lowest BCUT2D eigenvalue weighted by Crippen LogP contribution is -2.25. The molecule has 0 saturated heterocycles. The lowest BCUT2D eigenvalue weighted by Gasteiger charge is -2.22. The Morgan fingerprint density at radius 3 is 2.40 bits per heavy atom. The van der Waals surface area contributed by atoms with Gasteiger partial charge in [0.2, 0.25) is 0 Å². The third kappa shape index (κ3) is 3.96. The molecule has 1 aliphatic rings. The van der Waals surface area contributed by atoms with Gasteiger partial charge in [0.25, 0.3) is 0 Å². The van der Waals surface area contributed by atoms with E-state index >= 15 is 0 Å². The van der Waals surface area contributed by atoms with Gasteiger partial charge >= 0.3 is 0 Å². The average Bonchev–Trinajstić information content (AvgIpc) is 2.66. The smallest absolute Gasteiger partial charge is 0.0244 e. The quantitative estimate of drug-likeness (QED) is 0.645. The van der Waals surface area contributed by atoms with Crippen molar-refractivity contribution in [1.82, 2.24) is 4.90 Å². The summed E-state index contributed by atoms with van der Waals surface area (Å²) >= 11 is 1.93. The molecule has 0 radical (unpaired) electrons. The molecule has 88 valence electrons. The van der Waals surface area contributed by atoms with Crippen LogP contribution in [0.1, 0.15) is 43.7 Å². The molecule has 0 unspecified atom stereocenters. The molecule has 0 amide bonds. The van der Waals surface area contributed by atoms with Crippen LogP contribution in [0.25, 0.3) is 0 Å². The van der Waals surface area contributed by atoms with Crippen LogP contribution in [0.3, 0.4) is 0 Å². The van der Waals surface area contributed by atoms with Crippen LogP contribution < -0.4 is 0 Å². The molecule has 0 atom stereocenters. The van der Waals surface area contributed by atoms with Gasteiger partial charge in [-0.3, -0.25) is 0 Å². The van der Waals surface area contributed by atoms with E-state index in [0.29, 0.717) is 0 Å². The number of rotatable bonds is 0. The lowest BCUT2D eigenvalue weighted by molar-refractivity contribution is 0.314.